The highest BCUT2D eigenvalue weighted by Crippen LogP contribution is 2.34. The van der Waals surface area contributed by atoms with Crippen LogP contribution in [0, 0.1) is 6.92 Å². The van der Waals surface area contributed by atoms with Crippen LogP contribution in [0.15, 0.2) is 41.3 Å². The van der Waals surface area contributed by atoms with E-state index in [4.69, 9.17) is 26.8 Å². The molecule has 0 aromatic heterocycles. The van der Waals surface area contributed by atoms with E-state index in [2.05, 4.69) is 5.32 Å². The maximum absolute atomic E-state index is 12.8. The number of benzene rings is 2. The molecule has 178 valence electrons. The Labute approximate surface area is 205 Å². The Hall–Kier alpha value is -3.50. The minimum atomic E-state index is -0.630. The van der Waals surface area contributed by atoms with Gasteiger partial charge in [0.1, 0.15) is 6.54 Å². The van der Waals surface area contributed by atoms with Crippen molar-refractivity contribution in [2.24, 2.45) is 5.73 Å². The van der Waals surface area contributed by atoms with Crippen molar-refractivity contribution >= 4 is 58.1 Å². The molecule has 1 saturated heterocycles. The van der Waals surface area contributed by atoms with Gasteiger partial charge >= 0.3 is 0 Å². The van der Waals surface area contributed by atoms with Crippen LogP contribution in [0.4, 0.5) is 10.5 Å². The van der Waals surface area contributed by atoms with Crippen LogP contribution in [0.1, 0.15) is 18.1 Å². The summed E-state index contributed by atoms with van der Waals surface area (Å²) < 4.78 is 10.9. The first-order valence-corrected chi connectivity index (χ1v) is 11.4. The quantitative estimate of drug-likeness (QED) is 0.500. The first-order chi connectivity index (χ1) is 16.2. The molecule has 11 heteroatoms. The molecule has 1 aliphatic heterocycles. The molecule has 1 fully saturated rings. The van der Waals surface area contributed by atoms with Crippen LogP contribution >= 0.6 is 23.4 Å². The van der Waals surface area contributed by atoms with Gasteiger partial charge in [-0.2, -0.15) is 0 Å². The van der Waals surface area contributed by atoms with Gasteiger partial charge in [0.05, 0.1) is 11.5 Å². The summed E-state index contributed by atoms with van der Waals surface area (Å²) in [5.41, 5.74) is 6.97. The molecule has 3 N–H and O–H groups in total. The topological polar surface area (TPSA) is 128 Å². The second-order valence-electron chi connectivity index (χ2n) is 7.17. The molecule has 1 aliphatic rings. The molecule has 0 aliphatic carbocycles. The normalized spacial score (nSPS) is 14.4. The van der Waals surface area contributed by atoms with Gasteiger partial charge in [-0.15, -0.1) is 0 Å². The van der Waals surface area contributed by atoms with Crippen LogP contribution in [0.3, 0.4) is 0 Å². The number of amides is 4. The molecule has 0 bridgehead atoms. The number of carbonyl (C=O) groups is 4. The first-order valence-electron chi connectivity index (χ1n) is 10.2. The molecule has 1 heterocycles. The van der Waals surface area contributed by atoms with E-state index < -0.39 is 29.5 Å². The lowest BCUT2D eigenvalue weighted by Gasteiger charge is -2.14. The average Bonchev–Trinajstić information content (AvgIpc) is 3.03. The molecule has 0 saturated carbocycles. The summed E-state index contributed by atoms with van der Waals surface area (Å²) in [5, 5.41) is 2.57. The zero-order chi connectivity index (χ0) is 24.8. The average molecular weight is 504 g/mol. The standard InChI is InChI=1S/C23H22ClN3O6S/c1-3-32-18-8-14(5-7-17(18)33-12-20(25)28)9-19-22(30)27(23(31)34-19)11-21(29)26-16-10-15(24)6-4-13(16)2/h4-10H,3,11-12H2,1-2H3,(H2,25,28)(H,26,29)/b19-9-. The van der Waals surface area contributed by atoms with Gasteiger partial charge in [-0.3, -0.25) is 24.1 Å². The molecule has 0 spiro atoms. The summed E-state index contributed by atoms with van der Waals surface area (Å²) >= 11 is 6.70. The number of primary amides is 1. The van der Waals surface area contributed by atoms with Crippen molar-refractivity contribution in [1.82, 2.24) is 4.90 Å². The number of nitrogens with zero attached hydrogens (tertiary/aromatic N) is 1. The Kier molecular flexibility index (Phi) is 8.19. The Morgan fingerprint density at radius 2 is 1.91 bits per heavy atom. The maximum atomic E-state index is 12.8. The lowest BCUT2D eigenvalue weighted by molar-refractivity contribution is -0.127. The summed E-state index contributed by atoms with van der Waals surface area (Å²) in [7, 11) is 0. The minimum absolute atomic E-state index is 0.157. The molecule has 34 heavy (non-hydrogen) atoms. The largest absolute Gasteiger partial charge is 0.490 e. The SMILES string of the molecule is CCOc1cc(/C=C2\SC(=O)N(CC(=O)Nc3cc(Cl)ccc3C)C2=O)ccc1OCC(N)=O. The second-order valence-corrected chi connectivity index (χ2v) is 8.60. The summed E-state index contributed by atoms with van der Waals surface area (Å²) in [4.78, 5) is 49.7. The summed E-state index contributed by atoms with van der Waals surface area (Å²) in [5.74, 6) is -1.06. The van der Waals surface area contributed by atoms with Crippen LogP contribution < -0.4 is 20.5 Å². The van der Waals surface area contributed by atoms with Crippen molar-refractivity contribution in [3.63, 3.8) is 0 Å². The van der Waals surface area contributed by atoms with E-state index in [1.807, 2.05) is 0 Å². The van der Waals surface area contributed by atoms with Crippen LogP contribution in [0.5, 0.6) is 11.5 Å². The maximum Gasteiger partial charge on any atom is 0.294 e. The highest BCUT2D eigenvalue weighted by Gasteiger charge is 2.36. The predicted octanol–water partition coefficient (Wildman–Crippen LogP) is 3.59. The van der Waals surface area contributed by atoms with Gasteiger partial charge < -0.3 is 20.5 Å². The van der Waals surface area contributed by atoms with Gasteiger partial charge in [0.2, 0.25) is 5.91 Å². The van der Waals surface area contributed by atoms with Crippen LogP contribution in [-0.2, 0) is 14.4 Å². The number of anilines is 1. The number of rotatable bonds is 9. The molecule has 0 radical (unpaired) electrons. The number of nitrogens with two attached hydrogens (primary N) is 1. The van der Waals surface area contributed by atoms with Gasteiger partial charge in [-0.25, -0.2) is 0 Å². The van der Waals surface area contributed by atoms with E-state index in [1.165, 1.54) is 6.08 Å². The molecular formula is C23H22ClN3O6S. The van der Waals surface area contributed by atoms with E-state index in [9.17, 15) is 19.2 Å². The van der Waals surface area contributed by atoms with Gasteiger partial charge in [0.15, 0.2) is 18.1 Å². The predicted molar refractivity (Wildman–Crippen MR) is 130 cm³/mol. The Balaban J connectivity index is 1.73. The molecule has 3 rings (SSSR count). The fourth-order valence-electron chi connectivity index (χ4n) is 3.00. The number of nitrogens with one attached hydrogen (secondary N) is 1. The molecule has 9 nitrogen and oxygen atoms in total. The Bertz CT molecular complexity index is 1180. The van der Waals surface area contributed by atoms with E-state index in [0.717, 1.165) is 22.2 Å². The summed E-state index contributed by atoms with van der Waals surface area (Å²) in [6.45, 7) is 3.18. The summed E-state index contributed by atoms with van der Waals surface area (Å²) in [6.07, 6.45) is 1.52. The number of carbonyl (C=O) groups excluding carboxylic acids is 4. The molecule has 0 atom stereocenters. The number of imide groups is 1. The molecule has 4 amide bonds. The molecular weight excluding hydrogens is 482 g/mol. The van der Waals surface area contributed by atoms with Crippen molar-refractivity contribution in [1.29, 1.82) is 0 Å². The molecule has 2 aromatic carbocycles. The Morgan fingerprint density at radius 1 is 1.15 bits per heavy atom. The van der Waals surface area contributed by atoms with E-state index in [-0.39, 0.29) is 11.5 Å². The van der Waals surface area contributed by atoms with Gasteiger partial charge in [-0.1, -0.05) is 23.7 Å². The number of aryl methyl sites for hydroxylation is 1. The van der Waals surface area contributed by atoms with Gasteiger partial charge in [0.25, 0.3) is 17.1 Å². The van der Waals surface area contributed by atoms with Crippen molar-refractivity contribution in [3.05, 3.63) is 57.5 Å². The van der Waals surface area contributed by atoms with Crippen molar-refractivity contribution in [3.8, 4) is 11.5 Å². The highest BCUT2D eigenvalue weighted by molar-refractivity contribution is 8.18. The number of ether oxygens (including phenoxy) is 2. The highest BCUT2D eigenvalue weighted by atomic mass is 35.5. The zero-order valence-corrected chi connectivity index (χ0v) is 20.0. The fraction of sp³-hybridized carbons (Fsp3) is 0.217. The van der Waals surface area contributed by atoms with Crippen LogP contribution in [0.2, 0.25) is 5.02 Å². The fourth-order valence-corrected chi connectivity index (χ4v) is 4.01. The Morgan fingerprint density at radius 3 is 2.62 bits per heavy atom. The van der Waals surface area contributed by atoms with Gasteiger partial charge in [0, 0.05) is 10.7 Å². The van der Waals surface area contributed by atoms with Crippen molar-refractivity contribution in [2.75, 3.05) is 25.1 Å². The second kappa shape index (κ2) is 11.1. The molecule has 0 unspecified atom stereocenters. The number of hydrogen-bond donors (Lipinski definition) is 2. The summed E-state index contributed by atoms with van der Waals surface area (Å²) in [6, 6.07) is 9.87. The van der Waals surface area contributed by atoms with Gasteiger partial charge in [-0.05, 0) is 67.1 Å². The van der Waals surface area contributed by atoms with Crippen LogP contribution in [0.25, 0.3) is 6.08 Å². The van der Waals surface area contributed by atoms with Crippen molar-refractivity contribution < 1.29 is 28.7 Å². The van der Waals surface area contributed by atoms with E-state index >= 15 is 0 Å². The first kappa shape index (κ1) is 25.1. The third kappa shape index (κ3) is 6.30. The van der Waals surface area contributed by atoms with E-state index in [1.54, 1.807) is 50.2 Å². The monoisotopic (exact) mass is 503 g/mol. The smallest absolute Gasteiger partial charge is 0.294 e. The third-order valence-electron chi connectivity index (χ3n) is 4.58. The lowest BCUT2D eigenvalue weighted by Crippen LogP contribution is -2.36. The molecule has 2 aromatic rings. The number of halogens is 1. The lowest BCUT2D eigenvalue weighted by atomic mass is 10.2. The van der Waals surface area contributed by atoms with E-state index in [0.29, 0.717) is 34.4 Å². The minimum Gasteiger partial charge on any atom is -0.490 e. The van der Waals surface area contributed by atoms with Crippen molar-refractivity contribution in [2.45, 2.75) is 13.8 Å². The number of thioether (sulfide) groups is 1. The zero-order valence-electron chi connectivity index (χ0n) is 18.4. The number of hydrogen-bond acceptors (Lipinski definition) is 7. The van der Waals surface area contributed by atoms with Crippen LogP contribution in [-0.4, -0.2) is 47.6 Å². The third-order valence-corrected chi connectivity index (χ3v) is 5.73.